The molecule has 2 rings (SSSR count). The highest BCUT2D eigenvalue weighted by Crippen LogP contribution is 2.23. The number of rotatable bonds is 5. The Bertz CT molecular complexity index is 789. The first-order valence-corrected chi connectivity index (χ1v) is 8.24. The third-order valence-corrected chi connectivity index (χ3v) is 4.10. The Morgan fingerprint density at radius 2 is 1.72 bits per heavy atom. The summed E-state index contributed by atoms with van der Waals surface area (Å²) in [7, 11) is 3.22. The molecule has 0 aliphatic heterocycles. The molecule has 130 valence electrons. The number of nitrogens with zero attached hydrogens (tertiary/aromatic N) is 1. The van der Waals surface area contributed by atoms with Gasteiger partial charge in [-0.1, -0.05) is 59.6 Å². The molecule has 0 saturated heterocycles. The molecule has 0 saturated carbocycles. The number of ether oxygens (including phenoxy) is 1. The van der Waals surface area contributed by atoms with Crippen molar-refractivity contribution in [3.63, 3.8) is 0 Å². The van der Waals surface area contributed by atoms with Gasteiger partial charge in [-0.05, 0) is 23.8 Å². The number of hydrogen-bond donors (Lipinski definition) is 0. The molecule has 0 N–H and O–H groups in total. The molecule has 0 heterocycles. The number of likely N-dealkylation sites (N-methyl/N-ethyl adjacent to an activating group) is 1. The van der Waals surface area contributed by atoms with E-state index in [-0.39, 0.29) is 5.91 Å². The van der Waals surface area contributed by atoms with Crippen molar-refractivity contribution in [3.05, 3.63) is 75.8 Å². The summed E-state index contributed by atoms with van der Waals surface area (Å²) in [4.78, 5) is 25.9. The van der Waals surface area contributed by atoms with Crippen LogP contribution in [0.3, 0.4) is 0 Å². The smallest absolute Gasteiger partial charge is 0.331 e. The number of benzene rings is 2. The van der Waals surface area contributed by atoms with Crippen LogP contribution in [0.1, 0.15) is 17.2 Å². The number of esters is 1. The van der Waals surface area contributed by atoms with Gasteiger partial charge in [-0.15, -0.1) is 0 Å². The number of halogens is 2. The van der Waals surface area contributed by atoms with Crippen LogP contribution < -0.4 is 0 Å². The van der Waals surface area contributed by atoms with Crippen LogP contribution in [-0.2, 0) is 14.3 Å². The lowest BCUT2D eigenvalue weighted by atomic mass is 10.1. The highest BCUT2D eigenvalue weighted by molar-refractivity contribution is 6.42. The Morgan fingerprint density at radius 1 is 1.04 bits per heavy atom. The van der Waals surface area contributed by atoms with E-state index < -0.39 is 12.1 Å². The van der Waals surface area contributed by atoms with E-state index in [1.165, 1.54) is 11.0 Å². The maximum Gasteiger partial charge on any atom is 0.331 e. The fourth-order valence-corrected chi connectivity index (χ4v) is 2.37. The van der Waals surface area contributed by atoms with Crippen molar-refractivity contribution in [3.8, 4) is 0 Å². The zero-order valence-corrected chi connectivity index (χ0v) is 15.3. The fraction of sp³-hybridized carbons (Fsp3) is 0.158. The summed E-state index contributed by atoms with van der Waals surface area (Å²) in [5.74, 6) is -0.947. The predicted molar refractivity (Wildman–Crippen MR) is 99.5 cm³/mol. The van der Waals surface area contributed by atoms with Crippen molar-refractivity contribution >= 4 is 41.2 Å². The number of carbonyl (C=O) groups is 2. The highest BCUT2D eigenvalue weighted by atomic mass is 35.5. The van der Waals surface area contributed by atoms with Gasteiger partial charge in [-0.3, -0.25) is 4.79 Å². The molecule has 0 fully saturated rings. The molecule has 1 unspecified atom stereocenters. The molecule has 6 heteroatoms. The van der Waals surface area contributed by atoms with E-state index in [0.717, 1.165) is 0 Å². The molecule has 0 bridgehead atoms. The van der Waals surface area contributed by atoms with Crippen LogP contribution in [0.5, 0.6) is 0 Å². The summed E-state index contributed by atoms with van der Waals surface area (Å²) in [6.45, 7) is 0. The van der Waals surface area contributed by atoms with Gasteiger partial charge in [0.2, 0.25) is 6.10 Å². The molecule has 2 aromatic carbocycles. The lowest BCUT2D eigenvalue weighted by Gasteiger charge is -2.20. The highest BCUT2D eigenvalue weighted by Gasteiger charge is 2.25. The van der Waals surface area contributed by atoms with E-state index >= 15 is 0 Å². The largest absolute Gasteiger partial charge is 0.444 e. The maximum absolute atomic E-state index is 12.3. The molecule has 0 aliphatic carbocycles. The quantitative estimate of drug-likeness (QED) is 0.573. The maximum atomic E-state index is 12.3. The monoisotopic (exact) mass is 377 g/mol. The first-order valence-electron chi connectivity index (χ1n) is 7.48. The van der Waals surface area contributed by atoms with Gasteiger partial charge in [0.15, 0.2) is 0 Å². The minimum Gasteiger partial charge on any atom is -0.444 e. The Morgan fingerprint density at radius 3 is 2.32 bits per heavy atom. The second-order valence-corrected chi connectivity index (χ2v) is 6.28. The lowest BCUT2D eigenvalue weighted by molar-refractivity contribution is -0.155. The summed E-state index contributed by atoms with van der Waals surface area (Å²) in [6.07, 6.45) is 1.80. The van der Waals surface area contributed by atoms with Gasteiger partial charge in [0.1, 0.15) is 0 Å². The van der Waals surface area contributed by atoms with Crippen LogP contribution in [0.2, 0.25) is 10.0 Å². The number of carbonyl (C=O) groups excluding carboxylic acids is 2. The third kappa shape index (κ3) is 5.34. The van der Waals surface area contributed by atoms with E-state index in [9.17, 15) is 9.59 Å². The molecule has 4 nitrogen and oxygen atoms in total. The molecule has 0 aromatic heterocycles. The summed E-state index contributed by atoms with van der Waals surface area (Å²) >= 11 is 11.8. The van der Waals surface area contributed by atoms with Crippen LogP contribution in [-0.4, -0.2) is 30.9 Å². The van der Waals surface area contributed by atoms with E-state index in [1.807, 2.05) is 6.07 Å². The molecule has 1 amide bonds. The van der Waals surface area contributed by atoms with Crippen molar-refractivity contribution in [2.45, 2.75) is 6.10 Å². The van der Waals surface area contributed by atoms with Crippen molar-refractivity contribution in [2.75, 3.05) is 14.1 Å². The van der Waals surface area contributed by atoms with Crippen LogP contribution >= 0.6 is 23.2 Å². The number of amides is 1. The van der Waals surface area contributed by atoms with Crippen molar-refractivity contribution in [1.82, 2.24) is 4.90 Å². The average Bonchev–Trinajstić information content (AvgIpc) is 2.60. The molecule has 0 aliphatic rings. The molecule has 0 radical (unpaired) electrons. The van der Waals surface area contributed by atoms with Crippen molar-refractivity contribution in [2.24, 2.45) is 0 Å². The van der Waals surface area contributed by atoms with Crippen LogP contribution in [0.15, 0.2) is 54.6 Å². The summed E-state index contributed by atoms with van der Waals surface area (Å²) < 4.78 is 5.36. The molecule has 2 aromatic rings. The Hall–Kier alpha value is -2.30. The standard InChI is InChI=1S/C19H17Cl2NO3/c1-22(2)19(24)18(14-6-4-3-5-7-14)25-17(23)11-9-13-8-10-15(20)16(21)12-13/h3-12,18H,1-2H3/b11-9+. The topological polar surface area (TPSA) is 46.6 Å². The Labute approximate surface area is 156 Å². The van der Waals surface area contributed by atoms with E-state index in [1.54, 1.807) is 62.6 Å². The predicted octanol–water partition coefficient (Wildman–Crippen LogP) is 4.38. The molecular formula is C19H17Cl2NO3. The van der Waals surface area contributed by atoms with Gasteiger partial charge < -0.3 is 9.64 Å². The van der Waals surface area contributed by atoms with Crippen LogP contribution in [0.4, 0.5) is 0 Å². The summed E-state index contributed by atoms with van der Waals surface area (Å²) in [5, 5.41) is 0.823. The van der Waals surface area contributed by atoms with E-state index in [2.05, 4.69) is 0 Å². The first-order chi connectivity index (χ1) is 11.9. The summed E-state index contributed by atoms with van der Waals surface area (Å²) in [5.41, 5.74) is 1.30. The number of hydrogen-bond acceptors (Lipinski definition) is 3. The van der Waals surface area contributed by atoms with Gasteiger partial charge in [0.25, 0.3) is 5.91 Å². The zero-order chi connectivity index (χ0) is 18.4. The summed E-state index contributed by atoms with van der Waals surface area (Å²) in [6, 6.07) is 13.9. The SMILES string of the molecule is CN(C)C(=O)C(OC(=O)/C=C/c1ccc(Cl)c(Cl)c1)c1ccccc1. The molecular weight excluding hydrogens is 361 g/mol. The normalized spacial score (nSPS) is 12.0. The second-order valence-electron chi connectivity index (χ2n) is 5.47. The van der Waals surface area contributed by atoms with Gasteiger partial charge in [0.05, 0.1) is 10.0 Å². The molecule has 0 spiro atoms. The average molecular weight is 378 g/mol. The third-order valence-electron chi connectivity index (χ3n) is 3.36. The zero-order valence-electron chi connectivity index (χ0n) is 13.8. The van der Waals surface area contributed by atoms with Gasteiger partial charge >= 0.3 is 5.97 Å². The van der Waals surface area contributed by atoms with E-state index in [0.29, 0.717) is 21.2 Å². The lowest BCUT2D eigenvalue weighted by Crippen LogP contribution is -2.30. The van der Waals surface area contributed by atoms with Crippen LogP contribution in [0.25, 0.3) is 6.08 Å². The Kier molecular flexibility index (Phi) is 6.62. The van der Waals surface area contributed by atoms with Gasteiger partial charge in [-0.2, -0.15) is 0 Å². The van der Waals surface area contributed by atoms with Crippen molar-refractivity contribution in [1.29, 1.82) is 0 Å². The minimum atomic E-state index is -0.998. The van der Waals surface area contributed by atoms with Crippen LogP contribution in [0, 0.1) is 0 Å². The van der Waals surface area contributed by atoms with Gasteiger partial charge in [0, 0.05) is 25.7 Å². The van der Waals surface area contributed by atoms with E-state index in [4.69, 9.17) is 27.9 Å². The molecule has 1 atom stereocenters. The second kappa shape index (κ2) is 8.70. The first kappa shape index (κ1) is 19.0. The Balaban J connectivity index is 2.15. The molecule has 25 heavy (non-hydrogen) atoms. The fourth-order valence-electron chi connectivity index (χ4n) is 2.06. The van der Waals surface area contributed by atoms with Crippen molar-refractivity contribution < 1.29 is 14.3 Å². The van der Waals surface area contributed by atoms with Gasteiger partial charge in [-0.25, -0.2) is 4.79 Å². The minimum absolute atomic E-state index is 0.317.